The van der Waals surface area contributed by atoms with Gasteiger partial charge in [-0.1, -0.05) is 38.1 Å². The molecule has 7 heteroatoms. The van der Waals surface area contributed by atoms with Crippen molar-refractivity contribution in [1.29, 1.82) is 5.26 Å². The summed E-state index contributed by atoms with van der Waals surface area (Å²) in [6.45, 7) is 4.55. The van der Waals surface area contributed by atoms with Gasteiger partial charge in [-0.05, 0) is 35.7 Å². The Labute approximate surface area is 181 Å². The van der Waals surface area contributed by atoms with Crippen LogP contribution in [0.5, 0.6) is 11.5 Å². The third-order valence-corrected chi connectivity index (χ3v) is 4.90. The van der Waals surface area contributed by atoms with Gasteiger partial charge in [0, 0.05) is 11.1 Å². The number of benzene rings is 2. The van der Waals surface area contributed by atoms with E-state index in [4.69, 9.17) is 15.2 Å². The van der Waals surface area contributed by atoms with Crippen LogP contribution in [0.25, 0.3) is 11.1 Å². The van der Waals surface area contributed by atoms with Crippen molar-refractivity contribution in [3.05, 3.63) is 59.7 Å². The fourth-order valence-corrected chi connectivity index (χ4v) is 3.38. The Bertz CT molecular complexity index is 1060. The summed E-state index contributed by atoms with van der Waals surface area (Å²) in [5, 5.41) is 9.23. The minimum absolute atomic E-state index is 0.108. The van der Waals surface area contributed by atoms with Gasteiger partial charge in [0.1, 0.15) is 29.2 Å². The molecule has 0 spiro atoms. The number of carbonyl (C=O) groups is 2. The first-order valence-corrected chi connectivity index (χ1v) is 9.98. The van der Waals surface area contributed by atoms with E-state index >= 15 is 0 Å². The number of ether oxygens (including phenoxy) is 2. The summed E-state index contributed by atoms with van der Waals surface area (Å²) in [7, 11) is 1.58. The van der Waals surface area contributed by atoms with Crippen LogP contribution in [0, 0.1) is 17.2 Å². The van der Waals surface area contributed by atoms with Crippen molar-refractivity contribution in [2.24, 2.45) is 11.7 Å². The van der Waals surface area contributed by atoms with Crippen LogP contribution in [0.2, 0.25) is 0 Å². The third kappa shape index (κ3) is 5.04. The number of nitrogens with zero attached hydrogens (tertiary/aromatic N) is 2. The summed E-state index contributed by atoms with van der Waals surface area (Å²) in [6, 6.07) is 14.5. The predicted octanol–water partition coefficient (Wildman–Crippen LogP) is 3.16. The minimum Gasteiger partial charge on any atom is -0.496 e. The Kier molecular flexibility index (Phi) is 6.61. The lowest BCUT2D eigenvalue weighted by molar-refractivity contribution is -0.135. The van der Waals surface area contributed by atoms with Crippen molar-refractivity contribution in [2.75, 3.05) is 20.2 Å². The molecule has 0 aliphatic carbocycles. The van der Waals surface area contributed by atoms with Crippen molar-refractivity contribution in [3.63, 3.8) is 0 Å². The zero-order valence-electron chi connectivity index (χ0n) is 17.8. The highest BCUT2D eigenvalue weighted by molar-refractivity contribution is 5.98. The number of hydrogen-bond acceptors (Lipinski definition) is 5. The predicted molar refractivity (Wildman–Crippen MR) is 116 cm³/mol. The van der Waals surface area contributed by atoms with Crippen LogP contribution >= 0.6 is 0 Å². The molecule has 31 heavy (non-hydrogen) atoms. The number of allylic oxidation sites excluding steroid dienone is 1. The SMILES string of the molecule is COc1ccccc1-c1cc(OC2CN(C(=O)/C(C#N)=C/C(C)C)C2)cc(C(N)=O)c1. The second kappa shape index (κ2) is 9.35. The maximum absolute atomic E-state index is 12.4. The normalized spacial score (nSPS) is 14.0. The number of amides is 2. The van der Waals surface area contributed by atoms with E-state index in [0.29, 0.717) is 30.2 Å². The first-order valence-electron chi connectivity index (χ1n) is 9.98. The lowest BCUT2D eigenvalue weighted by Crippen LogP contribution is -2.56. The van der Waals surface area contributed by atoms with E-state index in [9.17, 15) is 14.9 Å². The molecule has 1 saturated heterocycles. The number of rotatable bonds is 7. The van der Waals surface area contributed by atoms with Crippen molar-refractivity contribution in [3.8, 4) is 28.7 Å². The zero-order valence-corrected chi connectivity index (χ0v) is 17.8. The third-order valence-electron chi connectivity index (χ3n) is 4.90. The van der Waals surface area contributed by atoms with E-state index in [1.807, 2.05) is 50.2 Å². The quantitative estimate of drug-likeness (QED) is 0.548. The molecule has 2 aromatic rings. The van der Waals surface area contributed by atoms with Crippen molar-refractivity contribution in [1.82, 2.24) is 4.90 Å². The fourth-order valence-electron chi connectivity index (χ4n) is 3.38. The Morgan fingerprint density at radius 2 is 1.94 bits per heavy atom. The molecule has 2 amide bonds. The summed E-state index contributed by atoms with van der Waals surface area (Å²) < 4.78 is 11.4. The molecule has 1 aliphatic rings. The maximum Gasteiger partial charge on any atom is 0.264 e. The topological polar surface area (TPSA) is 106 Å². The van der Waals surface area contributed by atoms with E-state index in [0.717, 1.165) is 11.1 Å². The monoisotopic (exact) mass is 419 g/mol. The largest absolute Gasteiger partial charge is 0.496 e. The van der Waals surface area contributed by atoms with Gasteiger partial charge >= 0.3 is 0 Å². The fraction of sp³-hybridized carbons (Fsp3) is 0.292. The number of likely N-dealkylation sites (tertiary alicyclic amines) is 1. The zero-order chi connectivity index (χ0) is 22.5. The average molecular weight is 419 g/mol. The second-order valence-corrected chi connectivity index (χ2v) is 7.70. The number of nitrogens with two attached hydrogens (primary N) is 1. The first-order chi connectivity index (χ1) is 14.8. The molecule has 2 N–H and O–H groups in total. The average Bonchev–Trinajstić information content (AvgIpc) is 2.73. The molecular formula is C24H25N3O4. The Balaban J connectivity index is 1.77. The first kappa shape index (κ1) is 21.9. The van der Waals surface area contributed by atoms with E-state index in [-0.39, 0.29) is 23.5 Å². The van der Waals surface area contributed by atoms with Gasteiger partial charge in [-0.15, -0.1) is 0 Å². The molecule has 7 nitrogen and oxygen atoms in total. The molecule has 0 atom stereocenters. The Morgan fingerprint density at radius 1 is 1.23 bits per heavy atom. The molecule has 2 aromatic carbocycles. The second-order valence-electron chi connectivity index (χ2n) is 7.70. The van der Waals surface area contributed by atoms with Crippen LogP contribution in [0.4, 0.5) is 0 Å². The molecule has 1 heterocycles. The van der Waals surface area contributed by atoms with Crippen LogP contribution in [-0.2, 0) is 4.79 Å². The molecule has 0 unspecified atom stereocenters. The molecule has 1 aliphatic heterocycles. The van der Waals surface area contributed by atoms with Gasteiger partial charge in [-0.2, -0.15) is 5.26 Å². The molecule has 0 bridgehead atoms. The van der Waals surface area contributed by atoms with Crippen LogP contribution in [0.15, 0.2) is 54.1 Å². The van der Waals surface area contributed by atoms with Crippen LogP contribution in [-0.4, -0.2) is 43.0 Å². The summed E-state index contributed by atoms with van der Waals surface area (Å²) >= 11 is 0. The van der Waals surface area contributed by atoms with Crippen LogP contribution < -0.4 is 15.2 Å². The highest BCUT2D eigenvalue weighted by Gasteiger charge is 2.34. The lowest BCUT2D eigenvalue weighted by Gasteiger charge is -2.39. The van der Waals surface area contributed by atoms with E-state index in [1.165, 1.54) is 0 Å². The summed E-state index contributed by atoms with van der Waals surface area (Å²) in [5.41, 5.74) is 7.52. The minimum atomic E-state index is -0.565. The highest BCUT2D eigenvalue weighted by atomic mass is 16.5. The molecular weight excluding hydrogens is 394 g/mol. The Morgan fingerprint density at radius 3 is 2.55 bits per heavy atom. The maximum atomic E-state index is 12.4. The van der Waals surface area contributed by atoms with Crippen molar-refractivity contribution >= 4 is 11.8 Å². The number of carbonyl (C=O) groups excluding carboxylic acids is 2. The number of hydrogen-bond donors (Lipinski definition) is 1. The van der Waals surface area contributed by atoms with Gasteiger partial charge in [-0.3, -0.25) is 9.59 Å². The van der Waals surface area contributed by atoms with E-state index < -0.39 is 5.91 Å². The molecule has 0 radical (unpaired) electrons. The molecule has 160 valence electrons. The van der Waals surface area contributed by atoms with Gasteiger partial charge in [0.2, 0.25) is 5.91 Å². The van der Waals surface area contributed by atoms with Gasteiger partial charge in [-0.25, -0.2) is 0 Å². The summed E-state index contributed by atoms with van der Waals surface area (Å²) in [5.74, 6) is 0.391. The summed E-state index contributed by atoms with van der Waals surface area (Å²) in [4.78, 5) is 25.9. The number of primary amides is 1. The van der Waals surface area contributed by atoms with E-state index in [1.54, 1.807) is 30.2 Å². The van der Waals surface area contributed by atoms with Gasteiger partial charge in [0.05, 0.1) is 20.2 Å². The van der Waals surface area contributed by atoms with Crippen LogP contribution in [0.3, 0.4) is 0 Å². The van der Waals surface area contributed by atoms with Crippen molar-refractivity contribution < 1.29 is 19.1 Å². The molecule has 3 rings (SSSR count). The molecule has 0 saturated carbocycles. The number of methoxy groups -OCH3 is 1. The highest BCUT2D eigenvalue weighted by Crippen LogP contribution is 2.33. The van der Waals surface area contributed by atoms with Gasteiger partial charge in [0.25, 0.3) is 5.91 Å². The lowest BCUT2D eigenvalue weighted by atomic mass is 10.0. The van der Waals surface area contributed by atoms with Crippen LogP contribution in [0.1, 0.15) is 24.2 Å². The van der Waals surface area contributed by atoms with Crippen molar-refractivity contribution in [2.45, 2.75) is 20.0 Å². The standard InChI is InChI=1S/C24H25N3O4/c1-15(2)8-18(12-25)24(29)27-13-20(14-27)31-19-10-16(9-17(11-19)23(26)28)21-6-4-5-7-22(21)30-3/h4-11,15,20H,13-14H2,1-3H3,(H2,26,28)/b18-8+. The summed E-state index contributed by atoms with van der Waals surface area (Å²) in [6.07, 6.45) is 1.42. The molecule has 0 aromatic heterocycles. The van der Waals surface area contributed by atoms with Gasteiger partial charge in [0.15, 0.2) is 0 Å². The molecule has 1 fully saturated rings. The van der Waals surface area contributed by atoms with Gasteiger partial charge < -0.3 is 20.1 Å². The smallest absolute Gasteiger partial charge is 0.264 e. The number of para-hydroxylation sites is 1. The Hall–Kier alpha value is -3.79. The van der Waals surface area contributed by atoms with E-state index in [2.05, 4.69) is 0 Å². The number of nitriles is 1.